The van der Waals surface area contributed by atoms with Crippen LogP contribution in [-0.4, -0.2) is 43.9 Å². The molecule has 0 radical (unpaired) electrons. The molecule has 0 amide bonds. The number of hydrogen-bond donors (Lipinski definition) is 1. The Hall–Kier alpha value is -0.120. The molecule has 2 rings (SSSR count). The molecule has 0 aromatic rings. The fraction of sp³-hybridized carbons (Fsp3) is 1.00. The van der Waals surface area contributed by atoms with Gasteiger partial charge in [-0.3, -0.25) is 4.90 Å². The first-order chi connectivity index (χ1) is 5.37. The number of morpholine rings is 1. The number of nitrogens with zero attached hydrogens (tertiary/aromatic N) is 1. The predicted molar refractivity (Wildman–Crippen MR) is 43.4 cm³/mol. The van der Waals surface area contributed by atoms with E-state index in [1.165, 1.54) is 12.8 Å². The lowest BCUT2D eigenvalue weighted by atomic mass is 10.2. The van der Waals surface area contributed by atoms with Gasteiger partial charge in [-0.1, -0.05) is 0 Å². The van der Waals surface area contributed by atoms with Crippen LogP contribution in [0.5, 0.6) is 0 Å². The summed E-state index contributed by atoms with van der Waals surface area (Å²) < 4.78 is 5.45. The quantitative estimate of drug-likeness (QED) is 0.610. The average Bonchev–Trinajstić information content (AvgIpc) is 2.77. The summed E-state index contributed by atoms with van der Waals surface area (Å²) in [5.41, 5.74) is 0.446. The zero-order valence-electron chi connectivity index (χ0n) is 7.10. The molecule has 0 aromatic heterocycles. The third-order valence-electron chi connectivity index (χ3n) is 2.72. The van der Waals surface area contributed by atoms with Crippen LogP contribution >= 0.6 is 0 Å². The first-order valence-electron chi connectivity index (χ1n) is 4.35. The van der Waals surface area contributed by atoms with E-state index >= 15 is 0 Å². The number of nitrogens with one attached hydrogen (secondary N) is 1. The van der Waals surface area contributed by atoms with E-state index in [-0.39, 0.29) is 0 Å². The Morgan fingerprint density at radius 3 is 3.00 bits per heavy atom. The molecule has 0 unspecified atom stereocenters. The van der Waals surface area contributed by atoms with Crippen molar-refractivity contribution in [1.82, 2.24) is 10.2 Å². The van der Waals surface area contributed by atoms with Crippen LogP contribution in [0.3, 0.4) is 0 Å². The van der Waals surface area contributed by atoms with Gasteiger partial charge in [0, 0.05) is 18.8 Å². The van der Waals surface area contributed by atoms with Gasteiger partial charge in [-0.05, 0) is 19.9 Å². The van der Waals surface area contributed by atoms with Crippen molar-refractivity contribution in [3.63, 3.8) is 0 Å². The third-order valence-corrected chi connectivity index (χ3v) is 2.72. The molecule has 0 bridgehead atoms. The topological polar surface area (TPSA) is 24.5 Å². The minimum absolute atomic E-state index is 0.446. The molecule has 0 aromatic carbocycles. The molecule has 2 fully saturated rings. The maximum atomic E-state index is 5.45. The van der Waals surface area contributed by atoms with E-state index < -0.39 is 0 Å². The summed E-state index contributed by atoms with van der Waals surface area (Å²) in [4.78, 5) is 2.51. The Labute approximate surface area is 67.7 Å². The summed E-state index contributed by atoms with van der Waals surface area (Å²) in [6.45, 7) is 3.97. The molecule has 1 aliphatic heterocycles. The van der Waals surface area contributed by atoms with Gasteiger partial charge in [0.1, 0.15) is 0 Å². The van der Waals surface area contributed by atoms with Gasteiger partial charge in [-0.25, -0.2) is 0 Å². The standard InChI is InChI=1S/C8H16N2O/c1-9-7-10-4-5-11-6-8(10)2-3-8/h9H,2-7H2,1H3. The zero-order chi connectivity index (χ0) is 7.73. The van der Waals surface area contributed by atoms with Gasteiger partial charge >= 0.3 is 0 Å². The van der Waals surface area contributed by atoms with E-state index in [0.29, 0.717) is 5.54 Å². The van der Waals surface area contributed by atoms with Crippen LogP contribution in [0.1, 0.15) is 12.8 Å². The lowest BCUT2D eigenvalue weighted by molar-refractivity contribution is -0.0228. The summed E-state index contributed by atoms with van der Waals surface area (Å²) in [6, 6.07) is 0. The molecule has 3 nitrogen and oxygen atoms in total. The summed E-state index contributed by atoms with van der Waals surface area (Å²) in [5, 5.41) is 3.20. The molecule has 3 heteroatoms. The molecule has 1 saturated carbocycles. The molecule has 11 heavy (non-hydrogen) atoms. The molecule has 0 atom stereocenters. The molecule has 1 spiro atoms. The summed E-state index contributed by atoms with van der Waals surface area (Å²) in [5.74, 6) is 0. The van der Waals surface area contributed by atoms with Crippen molar-refractivity contribution >= 4 is 0 Å². The molecular weight excluding hydrogens is 140 g/mol. The highest BCUT2D eigenvalue weighted by atomic mass is 16.5. The van der Waals surface area contributed by atoms with Crippen LogP contribution in [0.15, 0.2) is 0 Å². The van der Waals surface area contributed by atoms with Crippen LogP contribution in [0, 0.1) is 0 Å². The molecule has 64 valence electrons. The molecule has 2 aliphatic rings. The van der Waals surface area contributed by atoms with Crippen LogP contribution in [0.25, 0.3) is 0 Å². The second kappa shape index (κ2) is 2.73. The summed E-state index contributed by atoms with van der Waals surface area (Å²) >= 11 is 0. The van der Waals surface area contributed by atoms with Crippen molar-refractivity contribution in [1.29, 1.82) is 0 Å². The van der Waals surface area contributed by atoms with Crippen molar-refractivity contribution in [2.45, 2.75) is 18.4 Å². The summed E-state index contributed by atoms with van der Waals surface area (Å²) in [6.07, 6.45) is 2.66. The molecular formula is C8H16N2O. The minimum atomic E-state index is 0.446. The van der Waals surface area contributed by atoms with E-state index in [1.54, 1.807) is 0 Å². The maximum Gasteiger partial charge on any atom is 0.0651 e. The normalized spacial score (nSPS) is 29.2. The fourth-order valence-electron chi connectivity index (χ4n) is 1.81. The predicted octanol–water partition coefficient (Wildman–Crippen LogP) is 0.0281. The van der Waals surface area contributed by atoms with Crippen molar-refractivity contribution in [3.8, 4) is 0 Å². The Balaban J connectivity index is 1.93. The zero-order valence-corrected chi connectivity index (χ0v) is 7.10. The largest absolute Gasteiger partial charge is 0.378 e. The monoisotopic (exact) mass is 156 g/mol. The summed E-state index contributed by atoms with van der Waals surface area (Å²) in [7, 11) is 2.01. The number of hydrogen-bond acceptors (Lipinski definition) is 3. The number of ether oxygens (including phenoxy) is 1. The number of rotatable bonds is 2. The van der Waals surface area contributed by atoms with E-state index in [1.807, 2.05) is 7.05 Å². The highest BCUT2D eigenvalue weighted by Gasteiger charge is 2.49. The van der Waals surface area contributed by atoms with Gasteiger partial charge in [-0.2, -0.15) is 0 Å². The van der Waals surface area contributed by atoms with Crippen LogP contribution in [0.4, 0.5) is 0 Å². The lowest BCUT2D eigenvalue weighted by Crippen LogP contribution is -2.50. The Morgan fingerprint density at radius 2 is 2.36 bits per heavy atom. The van der Waals surface area contributed by atoms with Crippen LogP contribution < -0.4 is 5.32 Å². The SMILES string of the molecule is CNCN1CCOCC12CC2. The second-order valence-corrected chi connectivity index (χ2v) is 3.55. The Morgan fingerprint density at radius 1 is 1.55 bits per heavy atom. The van der Waals surface area contributed by atoms with Gasteiger partial charge in [0.2, 0.25) is 0 Å². The molecule has 1 aliphatic carbocycles. The first kappa shape index (κ1) is 7.53. The third kappa shape index (κ3) is 1.28. The van der Waals surface area contributed by atoms with Gasteiger partial charge in [0.25, 0.3) is 0 Å². The second-order valence-electron chi connectivity index (χ2n) is 3.55. The van der Waals surface area contributed by atoms with Crippen LogP contribution in [0.2, 0.25) is 0 Å². The highest BCUT2D eigenvalue weighted by molar-refractivity contribution is 5.04. The van der Waals surface area contributed by atoms with Gasteiger partial charge < -0.3 is 10.1 Å². The fourth-order valence-corrected chi connectivity index (χ4v) is 1.81. The molecule has 1 saturated heterocycles. The van der Waals surface area contributed by atoms with Crippen molar-refractivity contribution in [2.75, 3.05) is 33.5 Å². The minimum Gasteiger partial charge on any atom is -0.378 e. The van der Waals surface area contributed by atoms with Crippen LogP contribution in [-0.2, 0) is 4.74 Å². The Kier molecular flexibility index (Phi) is 1.87. The molecule has 1 heterocycles. The van der Waals surface area contributed by atoms with Crippen molar-refractivity contribution in [2.24, 2.45) is 0 Å². The lowest BCUT2D eigenvalue weighted by Gasteiger charge is -2.35. The smallest absolute Gasteiger partial charge is 0.0651 e. The van der Waals surface area contributed by atoms with E-state index in [2.05, 4.69) is 10.2 Å². The van der Waals surface area contributed by atoms with E-state index in [9.17, 15) is 0 Å². The van der Waals surface area contributed by atoms with Gasteiger partial charge in [0.15, 0.2) is 0 Å². The van der Waals surface area contributed by atoms with Gasteiger partial charge in [-0.15, -0.1) is 0 Å². The first-order valence-corrected chi connectivity index (χ1v) is 4.35. The van der Waals surface area contributed by atoms with E-state index in [0.717, 1.165) is 26.4 Å². The van der Waals surface area contributed by atoms with E-state index in [4.69, 9.17) is 4.74 Å². The Bertz CT molecular complexity index is 143. The van der Waals surface area contributed by atoms with Crippen molar-refractivity contribution in [3.05, 3.63) is 0 Å². The average molecular weight is 156 g/mol. The highest BCUT2D eigenvalue weighted by Crippen LogP contribution is 2.42. The molecule has 1 N–H and O–H groups in total. The van der Waals surface area contributed by atoms with Gasteiger partial charge in [0.05, 0.1) is 13.2 Å². The maximum absolute atomic E-state index is 5.45. The van der Waals surface area contributed by atoms with Crippen molar-refractivity contribution < 1.29 is 4.74 Å².